The van der Waals surface area contributed by atoms with Gasteiger partial charge >= 0.3 is 5.97 Å². The molecule has 0 bridgehead atoms. The summed E-state index contributed by atoms with van der Waals surface area (Å²) in [6.45, 7) is 3.66. The van der Waals surface area contributed by atoms with E-state index in [-0.39, 0.29) is 6.42 Å². The molecule has 5 heteroatoms. The van der Waals surface area contributed by atoms with E-state index in [0.29, 0.717) is 0 Å². The van der Waals surface area contributed by atoms with E-state index < -0.39 is 5.97 Å². The van der Waals surface area contributed by atoms with Crippen molar-refractivity contribution in [3.8, 4) is 0 Å². The van der Waals surface area contributed by atoms with Crippen LogP contribution in [-0.4, -0.2) is 46.2 Å². The Bertz CT molecular complexity index is 358. The van der Waals surface area contributed by atoms with Crippen LogP contribution in [0, 0.1) is 6.92 Å². The van der Waals surface area contributed by atoms with Crippen LogP contribution in [0.15, 0.2) is 6.33 Å². The van der Waals surface area contributed by atoms with Crippen molar-refractivity contribution in [3.63, 3.8) is 0 Å². The van der Waals surface area contributed by atoms with Gasteiger partial charge in [0.1, 0.15) is 0 Å². The third-order valence-corrected chi connectivity index (χ3v) is 2.48. The highest BCUT2D eigenvalue weighted by Gasteiger charge is 2.10. The molecule has 5 nitrogen and oxygen atoms in total. The van der Waals surface area contributed by atoms with E-state index in [2.05, 4.69) is 9.88 Å². The predicted octanol–water partition coefficient (Wildman–Crippen LogP) is 0.770. The van der Waals surface area contributed by atoms with Crippen molar-refractivity contribution in [2.45, 2.75) is 26.3 Å². The van der Waals surface area contributed by atoms with Gasteiger partial charge < -0.3 is 14.6 Å². The number of hydrogen-bond acceptors (Lipinski definition) is 3. The molecule has 0 amide bonds. The summed E-state index contributed by atoms with van der Waals surface area (Å²) < 4.78 is 1.94. The van der Waals surface area contributed by atoms with Crippen LogP contribution in [-0.2, 0) is 17.8 Å². The fraction of sp³-hybridized carbons (Fsp3) is 0.636. The Labute approximate surface area is 95.7 Å². The maximum Gasteiger partial charge on any atom is 0.309 e. The van der Waals surface area contributed by atoms with Gasteiger partial charge in [0, 0.05) is 6.54 Å². The molecule has 0 saturated heterocycles. The van der Waals surface area contributed by atoms with Gasteiger partial charge in [-0.1, -0.05) is 0 Å². The monoisotopic (exact) mass is 225 g/mol. The van der Waals surface area contributed by atoms with Gasteiger partial charge in [0.05, 0.1) is 24.1 Å². The molecule has 0 radical (unpaired) electrons. The summed E-state index contributed by atoms with van der Waals surface area (Å²) in [5.41, 5.74) is 1.62. The number of hydrogen-bond donors (Lipinski definition) is 1. The molecule has 0 aliphatic rings. The van der Waals surface area contributed by atoms with E-state index >= 15 is 0 Å². The Morgan fingerprint density at radius 2 is 2.25 bits per heavy atom. The first-order chi connectivity index (χ1) is 7.50. The smallest absolute Gasteiger partial charge is 0.309 e. The molecule has 0 spiro atoms. The van der Waals surface area contributed by atoms with E-state index in [9.17, 15) is 4.79 Å². The summed E-state index contributed by atoms with van der Waals surface area (Å²) in [5.74, 6) is -0.808. The van der Waals surface area contributed by atoms with Gasteiger partial charge in [-0.25, -0.2) is 4.98 Å². The fourth-order valence-electron chi connectivity index (χ4n) is 1.63. The number of imidazole rings is 1. The van der Waals surface area contributed by atoms with Crippen molar-refractivity contribution in [2.24, 2.45) is 0 Å². The first kappa shape index (κ1) is 12.7. The molecule has 1 aromatic heterocycles. The molecule has 0 aliphatic heterocycles. The van der Waals surface area contributed by atoms with Gasteiger partial charge in [-0.3, -0.25) is 4.79 Å². The molecular weight excluding hydrogens is 206 g/mol. The van der Waals surface area contributed by atoms with Gasteiger partial charge in [-0.15, -0.1) is 0 Å². The van der Waals surface area contributed by atoms with Crippen LogP contribution in [0.5, 0.6) is 0 Å². The minimum atomic E-state index is -0.808. The number of aromatic nitrogens is 2. The number of rotatable bonds is 6. The summed E-state index contributed by atoms with van der Waals surface area (Å²) in [7, 11) is 4.05. The maximum atomic E-state index is 10.7. The van der Waals surface area contributed by atoms with Gasteiger partial charge in [0.25, 0.3) is 0 Å². The fourth-order valence-corrected chi connectivity index (χ4v) is 1.63. The average molecular weight is 225 g/mol. The lowest BCUT2D eigenvalue weighted by Crippen LogP contribution is -2.16. The third-order valence-electron chi connectivity index (χ3n) is 2.48. The van der Waals surface area contributed by atoms with Crippen LogP contribution in [0.25, 0.3) is 0 Å². The third kappa shape index (κ3) is 3.66. The van der Waals surface area contributed by atoms with E-state index in [0.717, 1.165) is 30.9 Å². The molecule has 0 aromatic carbocycles. The van der Waals surface area contributed by atoms with Gasteiger partial charge in [-0.2, -0.15) is 0 Å². The standard InChI is InChI=1S/C11H19N3O2/c1-9-10(7-11(15)16)14(8-12-9)6-4-5-13(2)3/h8H,4-7H2,1-3H3,(H,15,16). The van der Waals surface area contributed by atoms with Crippen LogP contribution in [0.4, 0.5) is 0 Å². The highest BCUT2D eigenvalue weighted by atomic mass is 16.4. The lowest BCUT2D eigenvalue weighted by Gasteiger charge is -2.11. The SMILES string of the molecule is Cc1ncn(CCCN(C)C)c1CC(=O)O. The average Bonchev–Trinajstić information content (AvgIpc) is 2.48. The van der Waals surface area contributed by atoms with Crippen molar-refractivity contribution in [1.29, 1.82) is 0 Å². The molecule has 1 N–H and O–H groups in total. The lowest BCUT2D eigenvalue weighted by molar-refractivity contribution is -0.136. The molecule has 0 fully saturated rings. The van der Waals surface area contributed by atoms with Crippen molar-refractivity contribution >= 4 is 5.97 Å². The number of carboxylic acids is 1. The molecule has 1 rings (SSSR count). The maximum absolute atomic E-state index is 10.7. The summed E-state index contributed by atoms with van der Waals surface area (Å²) in [4.78, 5) is 17.0. The predicted molar refractivity (Wildman–Crippen MR) is 61.5 cm³/mol. The van der Waals surface area contributed by atoms with E-state index in [1.807, 2.05) is 25.6 Å². The molecule has 0 atom stereocenters. The molecule has 0 aliphatic carbocycles. The minimum Gasteiger partial charge on any atom is -0.481 e. The zero-order valence-corrected chi connectivity index (χ0v) is 10.1. The number of aliphatic carboxylic acids is 1. The topological polar surface area (TPSA) is 58.4 Å². The van der Waals surface area contributed by atoms with Crippen molar-refractivity contribution in [3.05, 3.63) is 17.7 Å². The molecule has 1 aromatic rings. The Morgan fingerprint density at radius 3 is 2.81 bits per heavy atom. The zero-order chi connectivity index (χ0) is 12.1. The second-order valence-corrected chi connectivity index (χ2v) is 4.20. The first-order valence-electron chi connectivity index (χ1n) is 5.38. The Hall–Kier alpha value is -1.36. The molecular formula is C11H19N3O2. The van der Waals surface area contributed by atoms with Crippen LogP contribution in [0.1, 0.15) is 17.8 Å². The molecule has 1 heterocycles. The summed E-state index contributed by atoms with van der Waals surface area (Å²) in [6.07, 6.45) is 2.77. The largest absolute Gasteiger partial charge is 0.481 e. The van der Waals surface area contributed by atoms with Crippen molar-refractivity contribution in [1.82, 2.24) is 14.5 Å². The number of carbonyl (C=O) groups is 1. The van der Waals surface area contributed by atoms with Crippen molar-refractivity contribution in [2.75, 3.05) is 20.6 Å². The highest BCUT2D eigenvalue weighted by Crippen LogP contribution is 2.08. The Balaban J connectivity index is 2.61. The van der Waals surface area contributed by atoms with Crippen LogP contribution < -0.4 is 0 Å². The molecule has 0 saturated carbocycles. The first-order valence-corrected chi connectivity index (χ1v) is 5.38. The number of carboxylic acid groups (broad SMARTS) is 1. The van der Waals surface area contributed by atoms with E-state index in [1.54, 1.807) is 6.33 Å². The second kappa shape index (κ2) is 5.65. The Kier molecular flexibility index (Phi) is 4.49. The summed E-state index contributed by atoms with van der Waals surface area (Å²) in [5, 5.41) is 8.80. The van der Waals surface area contributed by atoms with Crippen LogP contribution >= 0.6 is 0 Å². The van der Waals surface area contributed by atoms with Gasteiger partial charge in [0.2, 0.25) is 0 Å². The molecule has 90 valence electrons. The number of nitrogens with zero attached hydrogens (tertiary/aromatic N) is 3. The second-order valence-electron chi connectivity index (χ2n) is 4.20. The zero-order valence-electron chi connectivity index (χ0n) is 10.1. The normalized spacial score (nSPS) is 11.0. The van der Waals surface area contributed by atoms with E-state index in [4.69, 9.17) is 5.11 Å². The van der Waals surface area contributed by atoms with Crippen LogP contribution in [0.3, 0.4) is 0 Å². The lowest BCUT2D eigenvalue weighted by atomic mass is 10.2. The molecule has 0 unspecified atom stereocenters. The quantitative estimate of drug-likeness (QED) is 0.777. The number of aryl methyl sites for hydroxylation is 2. The molecule has 16 heavy (non-hydrogen) atoms. The summed E-state index contributed by atoms with van der Waals surface area (Å²) in [6, 6.07) is 0. The van der Waals surface area contributed by atoms with Gasteiger partial charge in [-0.05, 0) is 34.0 Å². The van der Waals surface area contributed by atoms with E-state index in [1.165, 1.54) is 0 Å². The Morgan fingerprint density at radius 1 is 1.56 bits per heavy atom. The van der Waals surface area contributed by atoms with Crippen LogP contribution in [0.2, 0.25) is 0 Å². The minimum absolute atomic E-state index is 0.0494. The summed E-state index contributed by atoms with van der Waals surface area (Å²) >= 11 is 0. The van der Waals surface area contributed by atoms with Gasteiger partial charge in [0.15, 0.2) is 0 Å². The van der Waals surface area contributed by atoms with Crippen molar-refractivity contribution < 1.29 is 9.90 Å². The highest BCUT2D eigenvalue weighted by molar-refractivity contribution is 5.69.